The van der Waals surface area contributed by atoms with Crippen molar-refractivity contribution in [1.82, 2.24) is 10.2 Å². The molecule has 1 N–H and O–H groups in total. The molecule has 1 aliphatic carbocycles. The van der Waals surface area contributed by atoms with E-state index < -0.39 is 0 Å². The largest absolute Gasteiger partial charge is 0.338 e. The Hall–Kier alpha value is -1.42. The molecule has 2 aliphatic rings. The molecule has 3 nitrogen and oxygen atoms in total. The Kier molecular flexibility index (Phi) is 4.72. The maximum atomic E-state index is 13.0. The predicted octanol–water partition coefficient (Wildman–Crippen LogP) is 3.34. The number of piperidine rings is 1. The van der Waals surface area contributed by atoms with Crippen molar-refractivity contribution in [1.29, 1.82) is 0 Å². The molecule has 4 heteroatoms. The number of amides is 1. The molecule has 1 saturated heterocycles. The maximum absolute atomic E-state index is 13.0. The smallest absolute Gasteiger partial charge is 0.223 e. The fraction of sp³-hybridized carbons (Fsp3) is 0.632. The molecule has 1 aliphatic heterocycles. The summed E-state index contributed by atoms with van der Waals surface area (Å²) < 4.78 is 13.0. The van der Waals surface area contributed by atoms with Gasteiger partial charge in [0.15, 0.2) is 0 Å². The van der Waals surface area contributed by atoms with Crippen LogP contribution in [-0.4, -0.2) is 29.4 Å². The van der Waals surface area contributed by atoms with Gasteiger partial charge < -0.3 is 10.2 Å². The molecule has 2 fully saturated rings. The fourth-order valence-corrected chi connectivity index (χ4v) is 3.35. The number of rotatable bonds is 6. The minimum absolute atomic E-state index is 0.0141. The van der Waals surface area contributed by atoms with Gasteiger partial charge in [0.25, 0.3) is 0 Å². The summed E-state index contributed by atoms with van der Waals surface area (Å²) in [7, 11) is 0. The predicted molar refractivity (Wildman–Crippen MR) is 89.3 cm³/mol. The van der Waals surface area contributed by atoms with Gasteiger partial charge in [-0.15, -0.1) is 0 Å². The van der Waals surface area contributed by atoms with Crippen LogP contribution in [0, 0.1) is 17.7 Å². The highest BCUT2D eigenvalue weighted by molar-refractivity contribution is 5.77. The van der Waals surface area contributed by atoms with Gasteiger partial charge in [0, 0.05) is 25.0 Å². The first-order valence-electron chi connectivity index (χ1n) is 8.71. The zero-order valence-electron chi connectivity index (χ0n) is 14.1. The SMILES string of the molecule is CC(C)(NCC1CC1)C1CCN(Cc2ccc(F)cc2)C(=O)C1. The van der Waals surface area contributed by atoms with Crippen LogP contribution in [0.2, 0.25) is 0 Å². The quantitative estimate of drug-likeness (QED) is 0.872. The first-order valence-corrected chi connectivity index (χ1v) is 8.71. The Morgan fingerprint density at radius 1 is 1.22 bits per heavy atom. The molecule has 1 atom stereocenters. The molecule has 1 heterocycles. The molecule has 0 spiro atoms. The molecule has 126 valence electrons. The molecule has 23 heavy (non-hydrogen) atoms. The van der Waals surface area contributed by atoms with Gasteiger partial charge in [-0.3, -0.25) is 4.79 Å². The third-order valence-electron chi connectivity index (χ3n) is 5.37. The van der Waals surface area contributed by atoms with E-state index >= 15 is 0 Å². The summed E-state index contributed by atoms with van der Waals surface area (Å²) in [5.74, 6) is 1.22. The van der Waals surface area contributed by atoms with Gasteiger partial charge in [0.1, 0.15) is 5.82 Å². The van der Waals surface area contributed by atoms with Crippen LogP contribution in [0.5, 0.6) is 0 Å². The van der Waals surface area contributed by atoms with Crippen LogP contribution in [0.3, 0.4) is 0 Å². The lowest BCUT2D eigenvalue weighted by molar-refractivity contribution is -0.136. The van der Waals surface area contributed by atoms with Gasteiger partial charge in [-0.2, -0.15) is 0 Å². The average Bonchev–Trinajstić information content (AvgIpc) is 3.34. The van der Waals surface area contributed by atoms with Crippen LogP contribution in [0.15, 0.2) is 24.3 Å². The van der Waals surface area contributed by atoms with E-state index in [0.717, 1.165) is 31.0 Å². The number of likely N-dealkylation sites (tertiary alicyclic amines) is 1. The van der Waals surface area contributed by atoms with E-state index in [1.807, 2.05) is 4.90 Å². The lowest BCUT2D eigenvalue weighted by Gasteiger charge is -2.41. The third kappa shape index (κ3) is 4.31. The van der Waals surface area contributed by atoms with Crippen LogP contribution in [-0.2, 0) is 11.3 Å². The van der Waals surface area contributed by atoms with E-state index in [1.165, 1.54) is 25.0 Å². The Bertz CT molecular complexity index is 551. The van der Waals surface area contributed by atoms with E-state index in [2.05, 4.69) is 19.2 Å². The lowest BCUT2D eigenvalue weighted by atomic mass is 9.80. The van der Waals surface area contributed by atoms with E-state index in [1.54, 1.807) is 12.1 Å². The van der Waals surface area contributed by atoms with E-state index in [4.69, 9.17) is 0 Å². The summed E-state index contributed by atoms with van der Waals surface area (Å²) in [6.07, 6.45) is 4.32. The van der Waals surface area contributed by atoms with Crippen molar-refractivity contribution < 1.29 is 9.18 Å². The van der Waals surface area contributed by atoms with Gasteiger partial charge >= 0.3 is 0 Å². The summed E-state index contributed by atoms with van der Waals surface area (Å²) in [5.41, 5.74) is 1.00. The molecule has 1 unspecified atom stereocenters. The number of carbonyl (C=O) groups excluding carboxylic acids is 1. The van der Waals surface area contributed by atoms with Crippen LogP contribution in [0.4, 0.5) is 4.39 Å². The van der Waals surface area contributed by atoms with Crippen LogP contribution in [0.1, 0.15) is 45.1 Å². The van der Waals surface area contributed by atoms with Crippen LogP contribution < -0.4 is 5.32 Å². The zero-order valence-corrected chi connectivity index (χ0v) is 14.1. The van der Waals surface area contributed by atoms with E-state index in [0.29, 0.717) is 18.9 Å². The summed E-state index contributed by atoms with van der Waals surface area (Å²) in [4.78, 5) is 14.4. The number of nitrogens with zero attached hydrogens (tertiary/aromatic N) is 1. The molecule has 1 aromatic rings. The number of nitrogens with one attached hydrogen (secondary N) is 1. The van der Waals surface area contributed by atoms with Crippen molar-refractivity contribution in [3.63, 3.8) is 0 Å². The van der Waals surface area contributed by atoms with Crippen molar-refractivity contribution in [3.05, 3.63) is 35.6 Å². The Labute approximate surface area is 138 Å². The fourth-order valence-electron chi connectivity index (χ4n) is 3.35. The van der Waals surface area contributed by atoms with Crippen LogP contribution in [0.25, 0.3) is 0 Å². The Morgan fingerprint density at radius 3 is 2.52 bits per heavy atom. The number of hydrogen-bond acceptors (Lipinski definition) is 2. The molecule has 1 amide bonds. The van der Waals surface area contributed by atoms with Crippen molar-refractivity contribution in [2.45, 2.75) is 51.6 Å². The molecule has 0 aromatic heterocycles. The maximum Gasteiger partial charge on any atom is 0.223 e. The summed E-state index contributed by atoms with van der Waals surface area (Å²) >= 11 is 0. The van der Waals surface area contributed by atoms with Gasteiger partial charge in [-0.25, -0.2) is 4.39 Å². The molecule has 0 radical (unpaired) electrons. The van der Waals surface area contributed by atoms with Crippen molar-refractivity contribution in [3.8, 4) is 0 Å². The topological polar surface area (TPSA) is 32.3 Å². The standard InChI is InChI=1S/C19H27FN2O/c1-19(2,21-12-14-3-4-14)16-9-10-22(18(23)11-16)13-15-5-7-17(20)8-6-15/h5-8,14,16,21H,3-4,9-13H2,1-2H3. The molecule has 0 bridgehead atoms. The molecule has 1 aromatic carbocycles. The first-order chi connectivity index (χ1) is 10.9. The molecule has 1 saturated carbocycles. The minimum Gasteiger partial charge on any atom is -0.338 e. The van der Waals surface area contributed by atoms with Gasteiger partial charge in [0.2, 0.25) is 5.91 Å². The number of hydrogen-bond donors (Lipinski definition) is 1. The van der Waals surface area contributed by atoms with Gasteiger partial charge in [-0.05, 0) is 69.2 Å². The second-order valence-electron chi connectivity index (χ2n) is 7.68. The average molecular weight is 318 g/mol. The Morgan fingerprint density at radius 2 is 1.91 bits per heavy atom. The highest BCUT2D eigenvalue weighted by atomic mass is 19.1. The van der Waals surface area contributed by atoms with E-state index in [-0.39, 0.29) is 17.3 Å². The monoisotopic (exact) mass is 318 g/mol. The Balaban J connectivity index is 1.53. The van der Waals surface area contributed by atoms with Gasteiger partial charge in [0.05, 0.1) is 0 Å². The first kappa shape index (κ1) is 16.4. The van der Waals surface area contributed by atoms with Crippen molar-refractivity contribution in [2.75, 3.05) is 13.1 Å². The molecular weight excluding hydrogens is 291 g/mol. The number of benzene rings is 1. The second-order valence-corrected chi connectivity index (χ2v) is 7.68. The molecular formula is C19H27FN2O. The zero-order chi connectivity index (χ0) is 16.4. The highest BCUT2D eigenvalue weighted by Gasteiger charge is 2.36. The van der Waals surface area contributed by atoms with Gasteiger partial charge in [-0.1, -0.05) is 12.1 Å². The minimum atomic E-state index is -0.234. The van der Waals surface area contributed by atoms with Crippen molar-refractivity contribution >= 4 is 5.91 Å². The lowest BCUT2D eigenvalue weighted by Crippen LogP contribution is -2.52. The highest BCUT2D eigenvalue weighted by Crippen LogP contribution is 2.32. The summed E-state index contributed by atoms with van der Waals surface area (Å²) in [5, 5.41) is 3.67. The summed E-state index contributed by atoms with van der Waals surface area (Å²) in [6.45, 7) is 6.90. The van der Waals surface area contributed by atoms with E-state index in [9.17, 15) is 9.18 Å². The number of halogens is 1. The second kappa shape index (κ2) is 6.60. The number of carbonyl (C=O) groups is 1. The van der Waals surface area contributed by atoms with Crippen LogP contribution >= 0.6 is 0 Å². The summed E-state index contributed by atoms with van der Waals surface area (Å²) in [6, 6.07) is 6.43. The normalized spacial score (nSPS) is 22.5. The molecule has 3 rings (SSSR count). The third-order valence-corrected chi connectivity index (χ3v) is 5.37. The van der Waals surface area contributed by atoms with Crippen molar-refractivity contribution in [2.24, 2.45) is 11.8 Å².